The summed E-state index contributed by atoms with van der Waals surface area (Å²) < 4.78 is 40.0. The maximum atomic E-state index is 14.1. The molecule has 0 aliphatic heterocycles. The van der Waals surface area contributed by atoms with E-state index in [1.54, 1.807) is 31.2 Å². The molecular formula is C30H37N3O6S. The van der Waals surface area contributed by atoms with Crippen LogP contribution in [0.15, 0.2) is 77.7 Å². The van der Waals surface area contributed by atoms with Gasteiger partial charge in [0.1, 0.15) is 24.1 Å². The zero-order valence-electron chi connectivity index (χ0n) is 23.6. The lowest BCUT2D eigenvalue weighted by molar-refractivity contribution is -0.140. The van der Waals surface area contributed by atoms with Crippen LogP contribution >= 0.6 is 0 Å². The summed E-state index contributed by atoms with van der Waals surface area (Å²) in [7, 11) is -1.35. The Bertz CT molecular complexity index is 1390. The smallest absolute Gasteiger partial charge is 0.264 e. The van der Waals surface area contributed by atoms with Crippen molar-refractivity contribution in [2.45, 2.75) is 44.7 Å². The van der Waals surface area contributed by atoms with Crippen LogP contribution in [0.4, 0.5) is 5.69 Å². The van der Waals surface area contributed by atoms with Crippen LogP contribution in [-0.4, -0.2) is 58.5 Å². The molecule has 1 N–H and O–H groups in total. The highest BCUT2D eigenvalue weighted by Gasteiger charge is 2.34. The number of hydrogen-bond acceptors (Lipinski definition) is 6. The normalized spacial score (nSPS) is 11.8. The maximum Gasteiger partial charge on any atom is 0.264 e. The Labute approximate surface area is 236 Å². The van der Waals surface area contributed by atoms with Crippen LogP contribution in [0.2, 0.25) is 0 Å². The first-order valence-electron chi connectivity index (χ1n) is 13.1. The molecule has 0 saturated heterocycles. The summed E-state index contributed by atoms with van der Waals surface area (Å²) in [5.41, 5.74) is 1.84. The average Bonchev–Trinajstić information content (AvgIpc) is 2.96. The molecule has 3 aromatic carbocycles. The van der Waals surface area contributed by atoms with E-state index >= 15 is 0 Å². The highest BCUT2D eigenvalue weighted by Crippen LogP contribution is 2.36. The first-order chi connectivity index (χ1) is 19.2. The number of nitrogens with one attached hydrogen (secondary N) is 1. The number of carbonyl (C=O) groups is 2. The van der Waals surface area contributed by atoms with E-state index in [2.05, 4.69) is 5.32 Å². The minimum atomic E-state index is -4.24. The number of anilines is 1. The molecule has 10 heteroatoms. The van der Waals surface area contributed by atoms with Gasteiger partial charge >= 0.3 is 0 Å². The Kier molecular flexibility index (Phi) is 10.6. The summed E-state index contributed by atoms with van der Waals surface area (Å²) in [6.07, 6.45) is 0.345. The summed E-state index contributed by atoms with van der Waals surface area (Å²) in [5, 5.41) is 2.80. The standard InChI is InChI=1S/C30H37N3O6S/c1-6-26(30(35)31-7-2)32(20-23-11-9-8-10-12-23)29(34)21-33(27-19-24(38-4)15-18-28(27)39-5)40(36,37)25-16-13-22(3)14-17-25/h8-19,26H,6-7,20-21H2,1-5H3,(H,31,35)/t26-/m1/s1. The molecule has 0 aromatic heterocycles. The van der Waals surface area contributed by atoms with Crippen molar-refractivity contribution in [3.05, 3.63) is 83.9 Å². The molecule has 0 heterocycles. The van der Waals surface area contributed by atoms with Crippen LogP contribution in [0.25, 0.3) is 0 Å². The highest BCUT2D eigenvalue weighted by molar-refractivity contribution is 7.92. The average molecular weight is 568 g/mol. The number of sulfonamides is 1. The van der Waals surface area contributed by atoms with Crippen LogP contribution in [0, 0.1) is 6.92 Å². The molecule has 0 bridgehead atoms. The van der Waals surface area contributed by atoms with E-state index in [4.69, 9.17) is 9.47 Å². The zero-order valence-corrected chi connectivity index (χ0v) is 24.4. The van der Waals surface area contributed by atoms with Gasteiger partial charge in [0, 0.05) is 19.2 Å². The van der Waals surface area contributed by atoms with Crippen LogP contribution in [-0.2, 0) is 26.2 Å². The summed E-state index contributed by atoms with van der Waals surface area (Å²) in [6.45, 7) is 5.44. The molecular weight excluding hydrogens is 530 g/mol. The summed E-state index contributed by atoms with van der Waals surface area (Å²) in [4.78, 5) is 28.6. The van der Waals surface area contributed by atoms with Gasteiger partial charge in [-0.2, -0.15) is 0 Å². The molecule has 40 heavy (non-hydrogen) atoms. The number of carbonyl (C=O) groups excluding carboxylic acids is 2. The molecule has 0 unspecified atom stereocenters. The van der Waals surface area contributed by atoms with Crippen molar-refractivity contribution in [1.29, 1.82) is 0 Å². The number of hydrogen-bond donors (Lipinski definition) is 1. The van der Waals surface area contributed by atoms with Crippen LogP contribution in [0.1, 0.15) is 31.4 Å². The summed E-state index contributed by atoms with van der Waals surface area (Å²) in [6, 6.07) is 19.6. The third-order valence-corrected chi connectivity index (χ3v) is 8.25. The van der Waals surface area contributed by atoms with E-state index < -0.39 is 28.5 Å². The van der Waals surface area contributed by atoms with E-state index in [0.29, 0.717) is 18.7 Å². The summed E-state index contributed by atoms with van der Waals surface area (Å²) >= 11 is 0. The minimum Gasteiger partial charge on any atom is -0.497 e. The van der Waals surface area contributed by atoms with Crippen molar-refractivity contribution >= 4 is 27.5 Å². The van der Waals surface area contributed by atoms with Gasteiger partial charge in [-0.1, -0.05) is 55.0 Å². The fourth-order valence-corrected chi connectivity index (χ4v) is 5.75. The number of likely N-dealkylation sites (N-methyl/N-ethyl adjacent to an activating group) is 1. The first kappa shape index (κ1) is 30.5. The Morgan fingerprint density at radius 3 is 2.17 bits per heavy atom. The van der Waals surface area contributed by atoms with Crippen molar-refractivity contribution in [3.8, 4) is 11.5 Å². The lowest BCUT2D eigenvalue weighted by Gasteiger charge is -2.33. The van der Waals surface area contributed by atoms with Gasteiger partial charge in [-0.15, -0.1) is 0 Å². The van der Waals surface area contributed by atoms with Crippen molar-refractivity contribution in [2.75, 3.05) is 31.6 Å². The number of ether oxygens (including phenoxy) is 2. The molecule has 0 radical (unpaired) electrons. The molecule has 0 spiro atoms. The number of aryl methyl sites for hydroxylation is 1. The molecule has 3 rings (SSSR count). The van der Waals surface area contributed by atoms with E-state index in [1.807, 2.05) is 44.2 Å². The van der Waals surface area contributed by atoms with Gasteiger partial charge in [0.2, 0.25) is 11.8 Å². The second-order valence-corrected chi connectivity index (χ2v) is 11.1. The van der Waals surface area contributed by atoms with Crippen LogP contribution < -0.4 is 19.1 Å². The lowest BCUT2D eigenvalue weighted by Crippen LogP contribution is -2.52. The highest BCUT2D eigenvalue weighted by atomic mass is 32.2. The number of benzene rings is 3. The van der Waals surface area contributed by atoms with E-state index in [0.717, 1.165) is 15.4 Å². The Morgan fingerprint density at radius 1 is 0.925 bits per heavy atom. The van der Waals surface area contributed by atoms with Gasteiger partial charge in [0.25, 0.3) is 10.0 Å². The second kappa shape index (κ2) is 13.8. The van der Waals surface area contributed by atoms with Gasteiger partial charge < -0.3 is 19.7 Å². The molecule has 1 atom stereocenters. The van der Waals surface area contributed by atoms with Gasteiger partial charge in [-0.05, 0) is 50.1 Å². The fourth-order valence-electron chi connectivity index (χ4n) is 4.33. The number of rotatable bonds is 13. The van der Waals surface area contributed by atoms with Crippen LogP contribution in [0.5, 0.6) is 11.5 Å². The van der Waals surface area contributed by atoms with Crippen LogP contribution in [0.3, 0.4) is 0 Å². The topological polar surface area (TPSA) is 105 Å². The van der Waals surface area contributed by atoms with Gasteiger partial charge in [0.05, 0.1) is 24.8 Å². The first-order valence-corrected chi connectivity index (χ1v) is 14.5. The van der Waals surface area contributed by atoms with Crippen molar-refractivity contribution in [3.63, 3.8) is 0 Å². The van der Waals surface area contributed by atoms with Crippen molar-refractivity contribution < 1.29 is 27.5 Å². The van der Waals surface area contributed by atoms with E-state index in [-0.39, 0.29) is 28.8 Å². The van der Waals surface area contributed by atoms with Gasteiger partial charge in [-0.3, -0.25) is 13.9 Å². The van der Waals surface area contributed by atoms with Crippen molar-refractivity contribution in [1.82, 2.24) is 10.2 Å². The predicted molar refractivity (Wildman–Crippen MR) is 155 cm³/mol. The molecule has 0 aliphatic rings. The zero-order chi connectivity index (χ0) is 29.3. The number of amides is 2. The molecule has 214 valence electrons. The maximum absolute atomic E-state index is 14.1. The Morgan fingerprint density at radius 2 is 1.60 bits per heavy atom. The molecule has 0 saturated carbocycles. The third-order valence-electron chi connectivity index (χ3n) is 6.48. The number of methoxy groups -OCH3 is 2. The predicted octanol–water partition coefficient (Wildman–Crippen LogP) is 4.15. The van der Waals surface area contributed by atoms with Crippen molar-refractivity contribution in [2.24, 2.45) is 0 Å². The molecule has 0 aliphatic carbocycles. The SMILES string of the molecule is CCNC(=O)[C@@H](CC)N(Cc1ccccc1)C(=O)CN(c1cc(OC)ccc1OC)S(=O)(=O)c1ccc(C)cc1. The minimum absolute atomic E-state index is 0.0150. The monoisotopic (exact) mass is 567 g/mol. The Hall–Kier alpha value is -4.05. The second-order valence-electron chi connectivity index (χ2n) is 9.19. The van der Waals surface area contributed by atoms with Gasteiger partial charge in [-0.25, -0.2) is 8.42 Å². The third kappa shape index (κ3) is 7.12. The quantitative estimate of drug-likeness (QED) is 0.333. The van der Waals surface area contributed by atoms with Gasteiger partial charge in [0.15, 0.2) is 0 Å². The largest absolute Gasteiger partial charge is 0.497 e. The van der Waals surface area contributed by atoms with E-state index in [1.165, 1.54) is 37.3 Å². The number of nitrogens with zero attached hydrogens (tertiary/aromatic N) is 2. The Balaban J connectivity index is 2.14. The summed E-state index contributed by atoms with van der Waals surface area (Å²) in [5.74, 6) is -0.208. The lowest BCUT2D eigenvalue weighted by atomic mass is 10.1. The molecule has 9 nitrogen and oxygen atoms in total. The molecule has 0 fully saturated rings. The fraction of sp³-hybridized carbons (Fsp3) is 0.333. The molecule has 3 aromatic rings. The molecule has 2 amide bonds. The van der Waals surface area contributed by atoms with E-state index in [9.17, 15) is 18.0 Å².